The predicted octanol–water partition coefficient (Wildman–Crippen LogP) is 9.18. The van der Waals surface area contributed by atoms with Crippen LogP contribution < -0.4 is 20.9 Å². The molecule has 0 spiro atoms. The molecule has 0 amide bonds. The first-order chi connectivity index (χ1) is 24.9. The van der Waals surface area contributed by atoms with Crippen molar-refractivity contribution in [1.29, 1.82) is 5.26 Å². The van der Waals surface area contributed by atoms with E-state index < -0.39 is 0 Å². The monoisotopic (exact) mass is 809 g/mol. The number of benzene rings is 2. The van der Waals surface area contributed by atoms with Crippen molar-refractivity contribution in [2.75, 3.05) is 18.3 Å². The number of aromatic nitrogens is 6. The Hall–Kier alpha value is -4.67. The zero-order valence-electron chi connectivity index (χ0n) is 28.0. The molecule has 2 aromatic carbocycles. The Morgan fingerprint density at radius 1 is 0.667 bits per heavy atom. The minimum absolute atomic E-state index is 0.261. The van der Waals surface area contributed by atoms with E-state index in [1.54, 1.807) is 15.2 Å². The van der Waals surface area contributed by atoms with E-state index in [0.29, 0.717) is 29.0 Å². The van der Waals surface area contributed by atoms with Crippen molar-refractivity contribution in [3.05, 3.63) is 80.8 Å². The fourth-order valence-corrected chi connectivity index (χ4v) is 8.68. The van der Waals surface area contributed by atoms with Crippen molar-refractivity contribution in [1.82, 2.24) is 29.2 Å². The maximum absolute atomic E-state index is 8.98. The summed E-state index contributed by atoms with van der Waals surface area (Å²) in [5.41, 5.74) is 20.8. The lowest BCUT2D eigenvalue weighted by molar-refractivity contribution is 0.174. The van der Waals surface area contributed by atoms with Gasteiger partial charge >= 0.3 is 0 Å². The lowest BCUT2D eigenvalue weighted by atomic mass is 9.87. The number of ether oxygens (including phenoxy) is 2. The lowest BCUT2D eigenvalue weighted by Crippen LogP contribution is -2.11. The topological polar surface area (TPSA) is 155 Å². The maximum Gasteiger partial charge on any atom is 0.231 e. The number of hydrogen-bond donors (Lipinski definition) is 2. The number of rotatable bonds is 4. The van der Waals surface area contributed by atoms with E-state index in [0.717, 1.165) is 91.1 Å². The van der Waals surface area contributed by atoms with Gasteiger partial charge in [-0.15, -0.1) is 0 Å². The fourth-order valence-electron chi connectivity index (χ4n) is 7.52. The van der Waals surface area contributed by atoms with Crippen molar-refractivity contribution < 1.29 is 9.47 Å². The number of fused-ring (bicyclic) bond motifs is 3. The molecular formula is C38H37Br2N9O2. The first-order valence-electron chi connectivity index (χ1n) is 17.5. The van der Waals surface area contributed by atoms with Gasteiger partial charge in [0.1, 0.15) is 11.6 Å². The summed E-state index contributed by atoms with van der Waals surface area (Å²) >= 11 is 7.29. The fraction of sp³-hybridized carbons (Fsp3) is 0.342. The van der Waals surface area contributed by atoms with Gasteiger partial charge in [-0.25, -0.2) is 9.97 Å². The molecule has 5 heterocycles. The van der Waals surface area contributed by atoms with Crippen molar-refractivity contribution in [2.45, 2.75) is 76.0 Å². The highest BCUT2D eigenvalue weighted by Crippen LogP contribution is 2.42. The van der Waals surface area contributed by atoms with Crippen LogP contribution in [0.4, 0.5) is 11.6 Å². The maximum atomic E-state index is 8.98. The second kappa shape index (κ2) is 14.2. The van der Waals surface area contributed by atoms with Gasteiger partial charge in [-0.2, -0.15) is 24.5 Å². The minimum atomic E-state index is 0.261. The van der Waals surface area contributed by atoms with E-state index in [9.17, 15) is 0 Å². The zero-order chi connectivity index (χ0) is 35.1. The zero-order valence-corrected chi connectivity index (χ0v) is 31.2. The molecule has 0 atom stereocenters. The molecule has 0 unspecified atom stereocenters. The summed E-state index contributed by atoms with van der Waals surface area (Å²) in [7, 11) is 0. The highest BCUT2D eigenvalue weighted by atomic mass is 79.9. The van der Waals surface area contributed by atoms with Gasteiger partial charge in [0.15, 0.2) is 22.8 Å². The number of halogens is 2. The van der Waals surface area contributed by atoms with Crippen molar-refractivity contribution in [3.8, 4) is 39.8 Å². The van der Waals surface area contributed by atoms with E-state index in [-0.39, 0.29) is 6.79 Å². The van der Waals surface area contributed by atoms with E-state index in [2.05, 4.69) is 48.1 Å². The normalized spacial score (nSPS) is 16.3. The number of anilines is 2. The molecule has 2 saturated carbocycles. The van der Waals surface area contributed by atoms with E-state index in [1.165, 1.54) is 38.5 Å². The first kappa shape index (κ1) is 33.5. The summed E-state index contributed by atoms with van der Waals surface area (Å²) in [6, 6.07) is 15.5. The molecular weight excluding hydrogens is 774 g/mol. The predicted molar refractivity (Wildman–Crippen MR) is 204 cm³/mol. The van der Waals surface area contributed by atoms with Crippen molar-refractivity contribution in [2.24, 2.45) is 0 Å². The van der Waals surface area contributed by atoms with Crippen molar-refractivity contribution in [3.63, 3.8) is 0 Å². The van der Waals surface area contributed by atoms with E-state index in [4.69, 9.17) is 36.2 Å². The van der Waals surface area contributed by atoms with Crippen LogP contribution in [0.2, 0.25) is 0 Å². The molecule has 0 saturated heterocycles. The summed E-state index contributed by atoms with van der Waals surface area (Å²) in [4.78, 5) is 9.94. The summed E-state index contributed by atoms with van der Waals surface area (Å²) in [5.74, 6) is 3.60. The highest BCUT2D eigenvalue weighted by molar-refractivity contribution is 9.11. The Kier molecular flexibility index (Phi) is 9.29. The van der Waals surface area contributed by atoms with Crippen LogP contribution in [-0.4, -0.2) is 36.0 Å². The molecule has 11 nitrogen and oxygen atoms in total. The second-order valence-electron chi connectivity index (χ2n) is 13.4. The Morgan fingerprint density at radius 2 is 1.16 bits per heavy atom. The van der Waals surface area contributed by atoms with Gasteiger partial charge in [-0.1, -0.05) is 56.7 Å². The third kappa shape index (κ3) is 6.29. The van der Waals surface area contributed by atoms with Gasteiger partial charge < -0.3 is 20.9 Å². The van der Waals surface area contributed by atoms with Crippen LogP contribution in [0.1, 0.15) is 93.0 Å². The van der Waals surface area contributed by atoms with Crippen LogP contribution in [0, 0.1) is 11.3 Å². The van der Waals surface area contributed by atoms with Crippen molar-refractivity contribution >= 4 is 54.8 Å². The molecule has 1 aliphatic heterocycles. The number of nitrogens with two attached hydrogens (primary N) is 2. The molecule has 4 aromatic heterocycles. The molecule has 2 aliphatic carbocycles. The summed E-state index contributed by atoms with van der Waals surface area (Å²) in [6.07, 6.45) is 15.8. The van der Waals surface area contributed by atoms with Gasteiger partial charge in [0.25, 0.3) is 0 Å². The molecule has 51 heavy (non-hydrogen) atoms. The molecule has 2 fully saturated rings. The molecule has 0 bridgehead atoms. The van der Waals surface area contributed by atoms with Gasteiger partial charge in [-0.3, -0.25) is 0 Å². The van der Waals surface area contributed by atoms with Gasteiger partial charge in [-0.05, 0) is 92.9 Å². The van der Waals surface area contributed by atoms with Gasteiger partial charge in [0, 0.05) is 23.0 Å². The Bertz CT molecular complexity index is 2280. The summed E-state index contributed by atoms with van der Waals surface area (Å²) < 4.78 is 16.0. The highest BCUT2D eigenvalue weighted by Gasteiger charge is 2.26. The Morgan fingerprint density at radius 3 is 1.69 bits per heavy atom. The standard InChI is InChI=1S/C19H18BrN5.C19H19BrN4O2/c20-16-17(14-4-2-1-3-5-14)24-19-15(11-23-25(19)18(16)22)13-8-6-12(10-21)7-9-13;20-16-17(11-4-2-1-3-5-11)23-19-13(9-22-24(19)18(16)21)12-6-7-14-15(8-12)26-10-25-14/h6-9,11,14H,1-5,22H2;6-9,11H,1-5,10,21H2. The summed E-state index contributed by atoms with van der Waals surface area (Å²) in [5, 5.41) is 17.9. The van der Waals surface area contributed by atoms with Gasteiger partial charge in [0.2, 0.25) is 6.79 Å². The SMILES string of the molecule is N#Cc1ccc(-c2cnn3c(N)c(Br)c(C4CCCCC4)nc23)cc1.Nc1c(Br)c(C2CCCCC2)nc2c(-c3ccc4c(c3)OCO4)cnn12. The average Bonchev–Trinajstić information content (AvgIpc) is 3.94. The first-order valence-corrected chi connectivity index (χ1v) is 19.1. The molecule has 4 N–H and O–H groups in total. The van der Waals surface area contributed by atoms with Crippen LogP contribution in [0.5, 0.6) is 11.5 Å². The molecule has 260 valence electrons. The smallest absolute Gasteiger partial charge is 0.231 e. The molecule has 0 radical (unpaired) electrons. The van der Waals surface area contributed by atoms with Crippen LogP contribution in [0.3, 0.4) is 0 Å². The number of nitriles is 1. The van der Waals surface area contributed by atoms with Crippen LogP contribution >= 0.6 is 31.9 Å². The number of nitrogens with zero attached hydrogens (tertiary/aromatic N) is 7. The lowest BCUT2D eigenvalue weighted by Gasteiger charge is -2.22. The minimum Gasteiger partial charge on any atom is -0.454 e. The average molecular weight is 812 g/mol. The third-order valence-electron chi connectivity index (χ3n) is 10.3. The van der Waals surface area contributed by atoms with Crippen LogP contribution in [-0.2, 0) is 0 Å². The Labute approximate surface area is 312 Å². The van der Waals surface area contributed by atoms with Crippen LogP contribution in [0.25, 0.3) is 33.5 Å². The molecule has 6 aromatic rings. The number of hydrogen-bond acceptors (Lipinski definition) is 9. The van der Waals surface area contributed by atoms with Gasteiger partial charge in [0.05, 0.1) is 44.4 Å². The molecule has 3 aliphatic rings. The third-order valence-corrected chi connectivity index (χ3v) is 11.9. The number of nitrogen functional groups attached to an aromatic ring is 2. The largest absolute Gasteiger partial charge is 0.454 e. The molecule has 13 heteroatoms. The Balaban J connectivity index is 0.000000147. The van der Waals surface area contributed by atoms with E-state index in [1.807, 2.05) is 48.7 Å². The summed E-state index contributed by atoms with van der Waals surface area (Å²) in [6.45, 7) is 0.261. The second-order valence-corrected chi connectivity index (χ2v) is 15.0. The van der Waals surface area contributed by atoms with E-state index >= 15 is 0 Å². The molecule has 9 rings (SSSR count). The quantitative estimate of drug-likeness (QED) is 0.177. The van der Waals surface area contributed by atoms with Crippen LogP contribution in [0.15, 0.2) is 63.8 Å².